The average molecular weight is 571 g/mol. The number of aromatic carboxylic acids is 1. The SMILES string of the molecule is CN(C)CCn1cc(-n2cc(C(=O)O)c(=O)c3cc(Cl)c(N4CCC[C@@H]4COc4ncccc4Cl)cc32)cn1. The number of hydrogen-bond donors (Lipinski definition) is 1. The van der Waals surface area contributed by atoms with Gasteiger partial charge in [0.25, 0.3) is 0 Å². The van der Waals surface area contributed by atoms with E-state index in [4.69, 9.17) is 27.9 Å². The summed E-state index contributed by atoms with van der Waals surface area (Å²) < 4.78 is 9.41. The van der Waals surface area contributed by atoms with E-state index in [2.05, 4.69) is 15.0 Å². The molecule has 0 unspecified atom stereocenters. The Morgan fingerprint density at radius 1 is 1.23 bits per heavy atom. The van der Waals surface area contributed by atoms with Gasteiger partial charge in [-0.3, -0.25) is 9.48 Å². The minimum absolute atomic E-state index is 0.00488. The number of nitrogens with zero attached hydrogens (tertiary/aromatic N) is 6. The van der Waals surface area contributed by atoms with Gasteiger partial charge in [-0.05, 0) is 51.2 Å². The van der Waals surface area contributed by atoms with E-state index in [1.54, 1.807) is 39.8 Å². The number of benzene rings is 1. The van der Waals surface area contributed by atoms with Gasteiger partial charge in [-0.25, -0.2) is 9.78 Å². The predicted octanol–water partition coefficient (Wildman–Crippen LogP) is 4.20. The molecular formula is C27H28Cl2N6O4. The highest BCUT2D eigenvalue weighted by Crippen LogP contribution is 2.36. The zero-order valence-corrected chi connectivity index (χ0v) is 23.1. The normalized spacial score (nSPS) is 15.4. The van der Waals surface area contributed by atoms with Gasteiger partial charge in [-0.1, -0.05) is 23.2 Å². The molecule has 0 bridgehead atoms. The molecule has 1 atom stereocenters. The number of likely N-dealkylation sites (N-methyl/N-ethyl adjacent to an activating group) is 1. The molecule has 1 aliphatic heterocycles. The molecule has 12 heteroatoms. The van der Waals surface area contributed by atoms with Crippen LogP contribution in [0.25, 0.3) is 16.6 Å². The van der Waals surface area contributed by atoms with Crippen molar-refractivity contribution in [1.29, 1.82) is 0 Å². The van der Waals surface area contributed by atoms with Crippen molar-refractivity contribution < 1.29 is 14.6 Å². The highest BCUT2D eigenvalue weighted by molar-refractivity contribution is 6.34. The van der Waals surface area contributed by atoms with Crippen molar-refractivity contribution in [3.05, 3.63) is 74.9 Å². The molecular weight excluding hydrogens is 543 g/mol. The number of anilines is 1. The number of fused-ring (bicyclic) bond motifs is 1. The second kappa shape index (κ2) is 11.3. The molecule has 1 saturated heterocycles. The van der Waals surface area contributed by atoms with E-state index in [1.165, 1.54) is 6.20 Å². The highest BCUT2D eigenvalue weighted by atomic mass is 35.5. The Labute approximate surface area is 234 Å². The Bertz CT molecular complexity index is 1580. The van der Waals surface area contributed by atoms with Crippen LogP contribution in [-0.4, -0.2) is 75.1 Å². The Hall–Kier alpha value is -3.60. The smallest absolute Gasteiger partial charge is 0.341 e. The first-order valence-electron chi connectivity index (χ1n) is 12.5. The van der Waals surface area contributed by atoms with Crippen molar-refractivity contribution in [3.8, 4) is 11.6 Å². The molecule has 3 aromatic heterocycles. The number of carboxylic acids is 1. The molecule has 1 aromatic carbocycles. The van der Waals surface area contributed by atoms with Crippen LogP contribution >= 0.6 is 23.2 Å². The molecule has 39 heavy (non-hydrogen) atoms. The van der Waals surface area contributed by atoms with E-state index < -0.39 is 11.4 Å². The molecule has 204 valence electrons. The summed E-state index contributed by atoms with van der Waals surface area (Å²) in [7, 11) is 3.96. The second-order valence-electron chi connectivity index (χ2n) is 9.72. The molecule has 0 saturated carbocycles. The Morgan fingerprint density at radius 2 is 2.05 bits per heavy atom. The lowest BCUT2D eigenvalue weighted by molar-refractivity contribution is 0.0695. The third kappa shape index (κ3) is 5.59. The molecule has 5 rings (SSSR count). The monoisotopic (exact) mass is 570 g/mol. The number of carboxylic acid groups (broad SMARTS) is 1. The zero-order chi connectivity index (χ0) is 27.7. The summed E-state index contributed by atoms with van der Waals surface area (Å²) in [5, 5.41) is 15.2. The van der Waals surface area contributed by atoms with Gasteiger partial charge in [0.15, 0.2) is 0 Å². The topological polar surface area (TPSA) is 106 Å². The third-order valence-electron chi connectivity index (χ3n) is 6.80. The molecule has 4 aromatic rings. The molecule has 0 aliphatic carbocycles. The van der Waals surface area contributed by atoms with Gasteiger partial charge in [0.05, 0.1) is 40.7 Å². The number of rotatable bonds is 9. The summed E-state index contributed by atoms with van der Waals surface area (Å²) in [5.41, 5.74) is 0.982. The molecule has 0 amide bonds. The van der Waals surface area contributed by atoms with Crippen molar-refractivity contribution in [1.82, 2.24) is 24.2 Å². The van der Waals surface area contributed by atoms with E-state index >= 15 is 0 Å². The highest BCUT2D eigenvalue weighted by Gasteiger charge is 2.29. The van der Waals surface area contributed by atoms with Crippen LogP contribution in [0.2, 0.25) is 10.0 Å². The van der Waals surface area contributed by atoms with Crippen molar-refractivity contribution >= 4 is 45.8 Å². The van der Waals surface area contributed by atoms with Crippen LogP contribution < -0.4 is 15.1 Å². The Morgan fingerprint density at radius 3 is 2.79 bits per heavy atom. The summed E-state index contributed by atoms with van der Waals surface area (Å²) in [4.78, 5) is 33.5. The fraction of sp³-hybridized carbons (Fsp3) is 0.333. The van der Waals surface area contributed by atoms with Crippen LogP contribution in [0.5, 0.6) is 5.88 Å². The maximum atomic E-state index is 13.1. The Kier molecular flexibility index (Phi) is 7.79. The lowest BCUT2D eigenvalue weighted by Gasteiger charge is -2.28. The largest absolute Gasteiger partial charge is 0.477 e. The average Bonchev–Trinajstić information content (AvgIpc) is 3.57. The van der Waals surface area contributed by atoms with Crippen molar-refractivity contribution in [2.45, 2.75) is 25.4 Å². The van der Waals surface area contributed by atoms with Crippen LogP contribution in [0.15, 0.2) is 53.8 Å². The second-order valence-corrected chi connectivity index (χ2v) is 10.5. The third-order valence-corrected chi connectivity index (χ3v) is 7.39. The van der Waals surface area contributed by atoms with Crippen molar-refractivity contribution in [2.75, 3.05) is 38.7 Å². The molecule has 1 aliphatic rings. The Balaban J connectivity index is 1.55. The van der Waals surface area contributed by atoms with E-state index in [1.807, 2.05) is 31.3 Å². The van der Waals surface area contributed by atoms with Gasteiger partial charge >= 0.3 is 5.97 Å². The first-order chi connectivity index (χ1) is 18.7. The summed E-state index contributed by atoms with van der Waals surface area (Å²) >= 11 is 12.9. The van der Waals surface area contributed by atoms with Gasteiger partial charge in [-0.15, -0.1) is 0 Å². The summed E-state index contributed by atoms with van der Waals surface area (Å²) in [6.45, 7) is 2.54. The number of carbonyl (C=O) groups is 1. The van der Waals surface area contributed by atoms with Gasteiger partial charge in [-0.2, -0.15) is 5.10 Å². The first kappa shape index (κ1) is 27.0. The first-order valence-corrected chi connectivity index (χ1v) is 13.3. The van der Waals surface area contributed by atoms with E-state index in [-0.39, 0.29) is 17.0 Å². The number of pyridine rings is 2. The fourth-order valence-electron chi connectivity index (χ4n) is 4.80. The van der Waals surface area contributed by atoms with E-state index in [0.29, 0.717) is 40.3 Å². The summed E-state index contributed by atoms with van der Waals surface area (Å²) in [5.74, 6) is -0.933. The number of aromatic nitrogens is 4. The molecule has 10 nitrogen and oxygen atoms in total. The number of ether oxygens (including phenoxy) is 1. The van der Waals surface area contributed by atoms with Crippen molar-refractivity contribution in [3.63, 3.8) is 0 Å². The zero-order valence-electron chi connectivity index (χ0n) is 21.5. The lowest BCUT2D eigenvalue weighted by atomic mass is 10.1. The molecule has 4 heterocycles. The summed E-state index contributed by atoms with van der Waals surface area (Å²) in [6, 6.07) is 6.87. The van der Waals surface area contributed by atoms with E-state index in [9.17, 15) is 14.7 Å². The molecule has 0 radical (unpaired) electrons. The molecule has 0 spiro atoms. The van der Waals surface area contributed by atoms with Gasteiger partial charge in [0.2, 0.25) is 11.3 Å². The molecule has 1 N–H and O–H groups in total. The van der Waals surface area contributed by atoms with Crippen LogP contribution in [0.3, 0.4) is 0 Å². The lowest BCUT2D eigenvalue weighted by Crippen LogP contribution is -2.34. The minimum atomic E-state index is -1.30. The van der Waals surface area contributed by atoms with Crippen LogP contribution in [0, 0.1) is 0 Å². The van der Waals surface area contributed by atoms with Gasteiger partial charge < -0.3 is 24.2 Å². The van der Waals surface area contributed by atoms with Gasteiger partial charge in [0.1, 0.15) is 17.2 Å². The number of halogens is 2. The van der Waals surface area contributed by atoms with Gasteiger partial charge in [0, 0.05) is 37.1 Å². The standard InChI is InChI=1S/C27H28Cl2N6O4/c1-32(2)9-10-33-14-18(13-31-33)35-15-20(27(37)38)25(36)19-11-22(29)24(12-23(19)35)34-8-4-5-17(34)16-39-26-21(28)6-3-7-30-26/h3,6-7,11-15,17H,4-5,8-10,16H2,1-2H3,(H,37,38)/t17-/m1/s1. The quantitative estimate of drug-likeness (QED) is 0.319. The maximum absolute atomic E-state index is 13.1. The van der Waals surface area contributed by atoms with E-state index in [0.717, 1.165) is 31.6 Å². The minimum Gasteiger partial charge on any atom is -0.477 e. The van der Waals surface area contributed by atoms with Crippen LogP contribution in [0.1, 0.15) is 23.2 Å². The number of hydrogen-bond acceptors (Lipinski definition) is 7. The van der Waals surface area contributed by atoms with Crippen LogP contribution in [0.4, 0.5) is 5.69 Å². The van der Waals surface area contributed by atoms with Crippen molar-refractivity contribution in [2.24, 2.45) is 0 Å². The predicted molar refractivity (Wildman–Crippen MR) is 151 cm³/mol. The fourth-order valence-corrected chi connectivity index (χ4v) is 5.25. The summed E-state index contributed by atoms with van der Waals surface area (Å²) in [6.07, 6.45) is 8.27. The maximum Gasteiger partial charge on any atom is 0.341 e. The van der Waals surface area contributed by atoms with Crippen LogP contribution in [-0.2, 0) is 6.54 Å². The molecule has 1 fully saturated rings.